The van der Waals surface area contributed by atoms with Crippen molar-refractivity contribution < 1.29 is 44.7 Å². The smallest absolute Gasteiger partial charge is 0.356 e. The van der Waals surface area contributed by atoms with Gasteiger partial charge in [-0.05, 0) is 0 Å². The fraction of sp³-hybridized carbons (Fsp3) is 0.500. The van der Waals surface area contributed by atoms with Crippen molar-refractivity contribution in [1.29, 1.82) is 0 Å². The Kier molecular flexibility index (Phi) is 8.51. The molecule has 0 amide bonds. The van der Waals surface area contributed by atoms with Gasteiger partial charge in [0, 0.05) is 0 Å². The molecule has 0 aliphatic carbocycles. The molecular formula is C8H9Cl3O9. The summed E-state index contributed by atoms with van der Waals surface area (Å²) < 4.78 is -2.17. The van der Waals surface area contributed by atoms with E-state index in [0.717, 1.165) is 0 Å². The minimum Gasteiger partial charge on any atom is -0.481 e. The predicted molar refractivity (Wildman–Crippen MR) is 65.0 cm³/mol. The van der Waals surface area contributed by atoms with Gasteiger partial charge in [-0.1, -0.05) is 34.8 Å². The maximum absolute atomic E-state index is 10.3. The van der Waals surface area contributed by atoms with Crippen molar-refractivity contribution in [3.63, 3.8) is 0 Å². The Labute approximate surface area is 126 Å². The van der Waals surface area contributed by atoms with Crippen molar-refractivity contribution >= 4 is 58.7 Å². The van der Waals surface area contributed by atoms with Gasteiger partial charge in [0.2, 0.25) is 0 Å². The average Bonchev–Trinajstić information content (AvgIpc) is 2.13. The third-order valence-electron chi connectivity index (χ3n) is 1.53. The van der Waals surface area contributed by atoms with Gasteiger partial charge >= 0.3 is 23.9 Å². The molecule has 116 valence electrons. The van der Waals surface area contributed by atoms with E-state index in [-0.39, 0.29) is 0 Å². The van der Waals surface area contributed by atoms with Crippen LogP contribution in [0.1, 0.15) is 12.8 Å². The highest BCUT2D eigenvalue weighted by Gasteiger charge is 2.40. The molecule has 0 aromatic carbocycles. The van der Waals surface area contributed by atoms with E-state index in [1.165, 1.54) is 0 Å². The molecule has 0 aromatic rings. The van der Waals surface area contributed by atoms with E-state index in [1.54, 1.807) is 0 Å². The molecule has 0 spiro atoms. The molecule has 0 aliphatic rings. The first-order valence-corrected chi connectivity index (χ1v) is 5.55. The minimum absolute atomic E-state index is 1.14. The molecule has 20 heavy (non-hydrogen) atoms. The zero-order valence-electron chi connectivity index (χ0n) is 9.42. The number of aliphatic carboxylic acids is 4. The topological polar surface area (TPSA) is 169 Å². The predicted octanol–water partition coefficient (Wildman–Crippen LogP) is 0.193. The molecule has 0 saturated carbocycles. The van der Waals surface area contributed by atoms with E-state index < -0.39 is 46.1 Å². The lowest BCUT2D eigenvalue weighted by Gasteiger charge is -2.18. The maximum Gasteiger partial charge on any atom is 0.356 e. The van der Waals surface area contributed by atoms with E-state index in [4.69, 9.17) is 60.3 Å². The molecule has 5 N–H and O–H groups in total. The molecule has 0 aromatic heterocycles. The van der Waals surface area contributed by atoms with Gasteiger partial charge in [-0.2, -0.15) is 0 Å². The van der Waals surface area contributed by atoms with Crippen LogP contribution < -0.4 is 0 Å². The summed E-state index contributed by atoms with van der Waals surface area (Å²) in [5.41, 5.74) is -2.74. The van der Waals surface area contributed by atoms with E-state index in [9.17, 15) is 19.2 Å². The first kappa shape index (κ1) is 21.0. The number of carbonyl (C=O) groups is 4. The lowest BCUT2D eigenvalue weighted by atomic mass is 9.96. The van der Waals surface area contributed by atoms with Gasteiger partial charge in [-0.3, -0.25) is 9.59 Å². The number of carboxylic acid groups (broad SMARTS) is 4. The lowest BCUT2D eigenvalue weighted by Crippen LogP contribution is -2.42. The second kappa shape index (κ2) is 8.10. The summed E-state index contributed by atoms with van der Waals surface area (Å²) in [6, 6.07) is 0. The molecule has 0 atom stereocenters. The number of halogens is 3. The molecule has 0 saturated heterocycles. The Morgan fingerprint density at radius 3 is 1.10 bits per heavy atom. The van der Waals surface area contributed by atoms with Crippen LogP contribution in [-0.2, 0) is 19.2 Å². The Morgan fingerprint density at radius 1 is 0.750 bits per heavy atom. The standard InChI is InChI=1S/C6H8O7.C2HCl3O2/c7-3(8)1-6(13,5(11)12)2-4(9)10;3-2(4,5)1(6)7/h13H,1-2H2,(H,7,8)(H,9,10)(H,11,12);(H,6,7). The van der Waals surface area contributed by atoms with Gasteiger partial charge in [-0.15, -0.1) is 0 Å². The maximum atomic E-state index is 10.3. The molecule has 9 nitrogen and oxygen atoms in total. The molecule has 0 heterocycles. The van der Waals surface area contributed by atoms with Crippen LogP contribution in [0.5, 0.6) is 0 Å². The highest BCUT2D eigenvalue weighted by atomic mass is 35.6. The zero-order valence-corrected chi connectivity index (χ0v) is 11.7. The Morgan fingerprint density at radius 2 is 1.00 bits per heavy atom. The van der Waals surface area contributed by atoms with E-state index in [0.29, 0.717) is 0 Å². The van der Waals surface area contributed by atoms with Crippen molar-refractivity contribution in [2.45, 2.75) is 22.2 Å². The molecular weight excluding hydrogens is 346 g/mol. The first-order chi connectivity index (χ1) is 8.72. The minimum atomic E-state index is -2.74. The van der Waals surface area contributed by atoms with Gasteiger partial charge in [0.1, 0.15) is 0 Å². The summed E-state index contributed by atoms with van der Waals surface area (Å²) in [6.45, 7) is 0. The number of hydrogen-bond donors (Lipinski definition) is 5. The van der Waals surface area contributed by atoms with Crippen LogP contribution in [0.25, 0.3) is 0 Å². The molecule has 0 rings (SSSR count). The van der Waals surface area contributed by atoms with Gasteiger partial charge < -0.3 is 25.5 Å². The second-order valence-electron chi connectivity index (χ2n) is 3.28. The fourth-order valence-corrected chi connectivity index (χ4v) is 0.714. The van der Waals surface area contributed by atoms with Gasteiger partial charge in [0.15, 0.2) is 5.60 Å². The fourth-order valence-electron chi connectivity index (χ4n) is 0.714. The van der Waals surface area contributed by atoms with E-state index in [1.807, 2.05) is 0 Å². The van der Waals surface area contributed by atoms with Crippen molar-refractivity contribution in [3.8, 4) is 0 Å². The summed E-state index contributed by atoms with van der Waals surface area (Å²) in [5, 5.41) is 41.7. The molecule has 0 bridgehead atoms. The van der Waals surface area contributed by atoms with Crippen LogP contribution in [0.2, 0.25) is 0 Å². The van der Waals surface area contributed by atoms with Gasteiger partial charge in [-0.25, -0.2) is 9.59 Å². The normalized spacial score (nSPS) is 11.0. The molecule has 0 unspecified atom stereocenters. The number of aliphatic hydroxyl groups is 1. The second-order valence-corrected chi connectivity index (χ2v) is 5.56. The summed E-state index contributed by atoms with van der Waals surface area (Å²) >= 11 is 14.4. The van der Waals surface area contributed by atoms with Gasteiger partial charge in [0.25, 0.3) is 3.79 Å². The third kappa shape index (κ3) is 9.62. The number of rotatable bonds is 5. The van der Waals surface area contributed by atoms with Crippen LogP contribution >= 0.6 is 34.8 Å². The number of hydrogen-bond acceptors (Lipinski definition) is 5. The van der Waals surface area contributed by atoms with Crippen LogP contribution in [0.15, 0.2) is 0 Å². The van der Waals surface area contributed by atoms with Crippen LogP contribution in [0.3, 0.4) is 0 Å². The summed E-state index contributed by atoms with van der Waals surface area (Å²) in [6.07, 6.45) is -2.29. The average molecular weight is 356 g/mol. The number of alkyl halides is 3. The third-order valence-corrected chi connectivity index (χ3v) is 2.01. The van der Waals surface area contributed by atoms with E-state index in [2.05, 4.69) is 0 Å². The quantitative estimate of drug-likeness (QED) is 0.432. The van der Waals surface area contributed by atoms with Crippen molar-refractivity contribution in [2.24, 2.45) is 0 Å². The Hall–Kier alpha value is -1.29. The van der Waals surface area contributed by atoms with E-state index >= 15 is 0 Å². The summed E-state index contributed by atoms with van der Waals surface area (Å²) in [5.74, 6) is -6.48. The first-order valence-electron chi connectivity index (χ1n) is 4.42. The summed E-state index contributed by atoms with van der Waals surface area (Å²) in [4.78, 5) is 40.1. The molecule has 0 aliphatic heterocycles. The van der Waals surface area contributed by atoms with Crippen molar-refractivity contribution in [2.75, 3.05) is 0 Å². The lowest BCUT2D eigenvalue weighted by molar-refractivity contribution is -0.170. The van der Waals surface area contributed by atoms with Gasteiger partial charge in [0.05, 0.1) is 12.8 Å². The number of carboxylic acids is 4. The monoisotopic (exact) mass is 354 g/mol. The summed E-state index contributed by atoms with van der Waals surface area (Å²) in [7, 11) is 0. The highest BCUT2D eigenvalue weighted by molar-refractivity contribution is 6.75. The molecule has 0 radical (unpaired) electrons. The van der Waals surface area contributed by atoms with Crippen molar-refractivity contribution in [3.05, 3.63) is 0 Å². The molecule has 0 fully saturated rings. The van der Waals surface area contributed by atoms with Crippen LogP contribution in [0, 0.1) is 0 Å². The van der Waals surface area contributed by atoms with Crippen LogP contribution in [-0.4, -0.2) is 58.8 Å². The molecule has 12 heteroatoms. The Bertz CT molecular complexity index is 384. The largest absolute Gasteiger partial charge is 0.481 e. The highest BCUT2D eigenvalue weighted by Crippen LogP contribution is 2.25. The SMILES string of the molecule is O=C(O)C(Cl)(Cl)Cl.O=C(O)CC(O)(CC(=O)O)C(=O)O. The van der Waals surface area contributed by atoms with Crippen molar-refractivity contribution in [1.82, 2.24) is 0 Å². The Balaban J connectivity index is 0. The zero-order chi connectivity index (χ0) is 16.7. The van der Waals surface area contributed by atoms with Crippen LogP contribution in [0.4, 0.5) is 0 Å².